The van der Waals surface area contributed by atoms with E-state index in [1.165, 1.54) is 50.7 Å². The van der Waals surface area contributed by atoms with Gasteiger partial charge < -0.3 is 0 Å². The molecule has 106 valence electrons. The van der Waals surface area contributed by atoms with E-state index in [9.17, 15) is 8.78 Å². The molecule has 0 aromatic heterocycles. The molecule has 0 unspecified atom stereocenters. The number of rotatable bonds is 4. The zero-order valence-corrected chi connectivity index (χ0v) is 13.3. The molecule has 1 aliphatic rings. The zero-order chi connectivity index (χ0) is 13.7. The fourth-order valence-electron chi connectivity index (χ4n) is 2.60. The summed E-state index contributed by atoms with van der Waals surface area (Å²) in [5.41, 5.74) is 0.312. The normalized spacial score (nSPS) is 19.1. The Morgan fingerprint density at radius 3 is 2.32 bits per heavy atom. The van der Waals surface area contributed by atoms with Crippen molar-refractivity contribution in [1.29, 1.82) is 0 Å². The Balaban J connectivity index is 2.00. The van der Waals surface area contributed by atoms with Crippen LogP contribution in [0.15, 0.2) is 23.1 Å². The maximum Gasteiger partial charge on any atom is 0.159 e. The summed E-state index contributed by atoms with van der Waals surface area (Å²) in [6, 6.07) is 4.19. The Morgan fingerprint density at radius 2 is 1.74 bits per heavy atom. The van der Waals surface area contributed by atoms with Crippen molar-refractivity contribution in [3.05, 3.63) is 29.8 Å². The first-order valence-corrected chi connectivity index (χ1v) is 8.90. The second-order valence-electron chi connectivity index (χ2n) is 5.41. The highest BCUT2D eigenvalue weighted by molar-refractivity contribution is 9.09. The predicted octanol–water partition coefficient (Wildman–Crippen LogP) is 5.79. The van der Waals surface area contributed by atoms with Gasteiger partial charge in [0, 0.05) is 16.0 Å². The summed E-state index contributed by atoms with van der Waals surface area (Å²) >= 11 is 5.30. The van der Waals surface area contributed by atoms with Crippen LogP contribution in [0.25, 0.3) is 0 Å². The second kappa shape index (κ2) is 7.07. The summed E-state index contributed by atoms with van der Waals surface area (Å²) in [5, 5.41) is 0.997. The average Bonchev–Trinajstić information content (AvgIpc) is 2.66. The van der Waals surface area contributed by atoms with Gasteiger partial charge in [-0.3, -0.25) is 0 Å². The minimum absolute atomic E-state index is 0.312. The summed E-state index contributed by atoms with van der Waals surface area (Å²) < 4.78 is 26.1. The fourth-order valence-corrected chi connectivity index (χ4v) is 4.83. The van der Waals surface area contributed by atoms with Crippen molar-refractivity contribution >= 4 is 27.7 Å². The van der Waals surface area contributed by atoms with E-state index in [0.717, 1.165) is 16.0 Å². The lowest BCUT2D eigenvalue weighted by Gasteiger charge is -2.30. The topological polar surface area (TPSA) is 0 Å². The van der Waals surface area contributed by atoms with Gasteiger partial charge in [0.1, 0.15) is 0 Å². The van der Waals surface area contributed by atoms with Gasteiger partial charge in [-0.15, -0.1) is 11.8 Å². The van der Waals surface area contributed by atoms with Gasteiger partial charge in [-0.2, -0.15) is 0 Å². The van der Waals surface area contributed by atoms with Crippen LogP contribution >= 0.6 is 27.7 Å². The van der Waals surface area contributed by atoms with Crippen LogP contribution in [0.1, 0.15) is 38.5 Å². The lowest BCUT2D eigenvalue weighted by atomic mass is 9.85. The van der Waals surface area contributed by atoms with E-state index in [2.05, 4.69) is 15.9 Å². The Kier molecular flexibility index (Phi) is 5.70. The third kappa shape index (κ3) is 4.19. The largest absolute Gasteiger partial charge is 0.204 e. The van der Waals surface area contributed by atoms with E-state index < -0.39 is 11.6 Å². The molecule has 0 aliphatic heterocycles. The highest BCUT2D eigenvalue weighted by atomic mass is 79.9. The number of halogens is 3. The van der Waals surface area contributed by atoms with Gasteiger partial charge in [-0.1, -0.05) is 41.6 Å². The maximum atomic E-state index is 13.2. The van der Waals surface area contributed by atoms with Crippen LogP contribution in [0, 0.1) is 17.0 Å². The third-order valence-electron chi connectivity index (χ3n) is 3.88. The van der Waals surface area contributed by atoms with E-state index in [1.807, 2.05) is 0 Å². The molecule has 1 aromatic rings. The van der Waals surface area contributed by atoms with E-state index in [4.69, 9.17) is 0 Å². The molecular weight excluding hydrogens is 330 g/mol. The van der Waals surface area contributed by atoms with Gasteiger partial charge in [0.2, 0.25) is 0 Å². The van der Waals surface area contributed by atoms with Crippen LogP contribution < -0.4 is 0 Å². The van der Waals surface area contributed by atoms with E-state index >= 15 is 0 Å². The molecule has 1 saturated carbocycles. The lowest BCUT2D eigenvalue weighted by molar-refractivity contribution is 0.334. The quantitative estimate of drug-likeness (QED) is 0.376. The van der Waals surface area contributed by atoms with Gasteiger partial charge in [0.25, 0.3) is 0 Å². The minimum atomic E-state index is -0.769. The van der Waals surface area contributed by atoms with Crippen molar-refractivity contribution in [3.63, 3.8) is 0 Å². The highest BCUT2D eigenvalue weighted by Gasteiger charge is 2.29. The minimum Gasteiger partial charge on any atom is -0.204 e. The van der Waals surface area contributed by atoms with E-state index in [0.29, 0.717) is 5.41 Å². The summed E-state index contributed by atoms with van der Waals surface area (Å²) in [5.74, 6) is -0.545. The molecule has 0 heterocycles. The first kappa shape index (κ1) is 15.3. The highest BCUT2D eigenvalue weighted by Crippen LogP contribution is 2.41. The number of hydrogen-bond donors (Lipinski definition) is 0. The molecule has 0 spiro atoms. The molecule has 0 amide bonds. The summed E-state index contributed by atoms with van der Waals surface area (Å²) in [6.07, 6.45) is 7.67. The molecule has 4 heteroatoms. The molecule has 2 rings (SSSR count). The molecule has 1 aromatic carbocycles. The van der Waals surface area contributed by atoms with Crippen LogP contribution in [0.3, 0.4) is 0 Å². The van der Waals surface area contributed by atoms with Gasteiger partial charge in [-0.05, 0) is 36.5 Å². The average molecular weight is 349 g/mol. The molecule has 0 nitrogen and oxygen atoms in total. The summed E-state index contributed by atoms with van der Waals surface area (Å²) in [4.78, 5) is 0.823. The van der Waals surface area contributed by atoms with E-state index in [1.54, 1.807) is 17.8 Å². The molecular formula is C15H19BrF2S. The summed E-state index contributed by atoms with van der Waals surface area (Å²) in [6.45, 7) is 0. The molecule has 0 saturated heterocycles. The lowest BCUT2D eigenvalue weighted by Crippen LogP contribution is -2.25. The Morgan fingerprint density at radius 1 is 1.05 bits per heavy atom. The molecule has 1 fully saturated rings. The SMILES string of the molecule is Fc1ccc(SCC2(CBr)CCCCCC2)cc1F. The molecule has 0 bridgehead atoms. The summed E-state index contributed by atoms with van der Waals surface area (Å²) in [7, 11) is 0. The fraction of sp³-hybridized carbons (Fsp3) is 0.600. The number of thioether (sulfide) groups is 1. The Bertz CT molecular complexity index is 415. The predicted molar refractivity (Wildman–Crippen MR) is 81.0 cm³/mol. The van der Waals surface area contributed by atoms with Crippen molar-refractivity contribution in [2.24, 2.45) is 5.41 Å². The molecule has 0 radical (unpaired) electrons. The van der Waals surface area contributed by atoms with Crippen molar-refractivity contribution in [2.75, 3.05) is 11.1 Å². The second-order valence-corrected chi connectivity index (χ2v) is 7.02. The van der Waals surface area contributed by atoms with Crippen molar-refractivity contribution in [3.8, 4) is 0 Å². The molecule has 0 atom stereocenters. The third-order valence-corrected chi connectivity index (χ3v) is 6.42. The van der Waals surface area contributed by atoms with Crippen molar-refractivity contribution in [2.45, 2.75) is 43.4 Å². The standard InChI is InChI=1S/C15H19BrF2S/c16-10-15(7-3-1-2-4-8-15)11-19-12-5-6-13(17)14(18)9-12/h5-6,9H,1-4,7-8,10-11H2. The zero-order valence-electron chi connectivity index (χ0n) is 10.9. The van der Waals surface area contributed by atoms with Gasteiger partial charge in [0.15, 0.2) is 11.6 Å². The van der Waals surface area contributed by atoms with Crippen LogP contribution in [0.5, 0.6) is 0 Å². The molecule has 1 aliphatic carbocycles. The number of benzene rings is 1. The monoisotopic (exact) mass is 348 g/mol. The van der Waals surface area contributed by atoms with Crippen LogP contribution in [-0.2, 0) is 0 Å². The smallest absolute Gasteiger partial charge is 0.159 e. The number of alkyl halides is 1. The van der Waals surface area contributed by atoms with Crippen LogP contribution in [0.4, 0.5) is 8.78 Å². The first-order valence-electron chi connectivity index (χ1n) is 6.79. The van der Waals surface area contributed by atoms with Gasteiger partial charge >= 0.3 is 0 Å². The van der Waals surface area contributed by atoms with Gasteiger partial charge in [-0.25, -0.2) is 8.78 Å². The van der Waals surface area contributed by atoms with Crippen molar-refractivity contribution in [1.82, 2.24) is 0 Å². The Labute approximate surface area is 126 Å². The van der Waals surface area contributed by atoms with Gasteiger partial charge in [0.05, 0.1) is 0 Å². The van der Waals surface area contributed by atoms with Crippen molar-refractivity contribution < 1.29 is 8.78 Å². The molecule has 19 heavy (non-hydrogen) atoms. The first-order chi connectivity index (χ1) is 9.15. The van der Waals surface area contributed by atoms with Crippen LogP contribution in [-0.4, -0.2) is 11.1 Å². The molecule has 0 N–H and O–H groups in total. The number of hydrogen-bond acceptors (Lipinski definition) is 1. The van der Waals surface area contributed by atoms with Crippen LogP contribution in [0.2, 0.25) is 0 Å². The van der Waals surface area contributed by atoms with E-state index in [-0.39, 0.29) is 0 Å². The Hall–Kier alpha value is -0.0900. The maximum absolute atomic E-state index is 13.2.